The maximum atomic E-state index is 9.21. The number of hydrogen-bond donors (Lipinski definition) is 1. The lowest BCUT2D eigenvalue weighted by molar-refractivity contribution is 0.281. The van der Waals surface area contributed by atoms with Crippen molar-refractivity contribution in [2.75, 3.05) is 32.1 Å². The summed E-state index contributed by atoms with van der Waals surface area (Å²) in [4.78, 5) is 9.12. The van der Waals surface area contributed by atoms with Crippen LogP contribution in [0.1, 0.15) is 17.7 Å². The summed E-state index contributed by atoms with van der Waals surface area (Å²) >= 11 is 0. The molecule has 94 valence electrons. The molecule has 0 saturated carbocycles. The van der Waals surface area contributed by atoms with Gasteiger partial charge >= 0.3 is 0 Å². The first-order chi connectivity index (χ1) is 8.10. The van der Waals surface area contributed by atoms with Crippen LogP contribution < -0.4 is 4.90 Å². The Morgan fingerprint density at radius 2 is 2.24 bits per heavy atom. The van der Waals surface area contributed by atoms with Crippen molar-refractivity contribution >= 4 is 5.82 Å². The van der Waals surface area contributed by atoms with Gasteiger partial charge < -0.3 is 14.9 Å². The maximum Gasteiger partial charge on any atom is 0.129 e. The van der Waals surface area contributed by atoms with Crippen molar-refractivity contribution in [2.45, 2.75) is 26.0 Å². The van der Waals surface area contributed by atoms with Crippen molar-refractivity contribution in [1.29, 1.82) is 0 Å². The van der Waals surface area contributed by atoms with Gasteiger partial charge in [0.25, 0.3) is 0 Å². The highest BCUT2D eigenvalue weighted by molar-refractivity contribution is 5.43. The Balaban J connectivity index is 2.15. The molecule has 2 rings (SSSR count). The van der Waals surface area contributed by atoms with Gasteiger partial charge in [-0.3, -0.25) is 0 Å². The van der Waals surface area contributed by atoms with Crippen molar-refractivity contribution in [3.05, 3.63) is 23.4 Å². The number of aromatic nitrogens is 1. The molecule has 1 atom stereocenters. The molecular weight excluding hydrogens is 214 g/mol. The van der Waals surface area contributed by atoms with E-state index in [4.69, 9.17) is 0 Å². The van der Waals surface area contributed by atoms with Gasteiger partial charge in [-0.15, -0.1) is 0 Å². The van der Waals surface area contributed by atoms with Crippen LogP contribution in [-0.2, 0) is 6.61 Å². The molecule has 0 spiro atoms. The van der Waals surface area contributed by atoms with Gasteiger partial charge in [-0.2, -0.15) is 0 Å². The van der Waals surface area contributed by atoms with Crippen LogP contribution in [-0.4, -0.2) is 48.2 Å². The number of pyridine rings is 1. The second-order valence-corrected chi connectivity index (χ2v) is 4.99. The van der Waals surface area contributed by atoms with Gasteiger partial charge in [0.05, 0.1) is 6.61 Å². The largest absolute Gasteiger partial charge is 0.392 e. The van der Waals surface area contributed by atoms with Crippen LogP contribution >= 0.6 is 0 Å². The first-order valence-electron chi connectivity index (χ1n) is 6.10. The monoisotopic (exact) mass is 235 g/mol. The molecular formula is C13H21N3O. The Bertz CT molecular complexity index is 392. The van der Waals surface area contributed by atoms with E-state index in [1.54, 1.807) is 0 Å². The predicted octanol–water partition coefficient (Wildman–Crippen LogP) is 1.02. The third-order valence-electron chi connectivity index (χ3n) is 3.40. The molecule has 1 unspecified atom stereocenters. The van der Waals surface area contributed by atoms with Crippen LogP contribution in [0.3, 0.4) is 0 Å². The topological polar surface area (TPSA) is 39.6 Å². The number of rotatable bonds is 3. The molecule has 1 N–H and O–H groups in total. The molecule has 0 aliphatic carbocycles. The molecule has 0 amide bonds. The van der Waals surface area contributed by atoms with Gasteiger partial charge in [0, 0.05) is 24.8 Å². The third kappa shape index (κ3) is 2.76. The number of hydrogen-bond acceptors (Lipinski definition) is 4. The Hall–Kier alpha value is -1.13. The lowest BCUT2D eigenvalue weighted by Crippen LogP contribution is -2.31. The average molecular weight is 235 g/mol. The second-order valence-electron chi connectivity index (χ2n) is 4.99. The van der Waals surface area contributed by atoms with E-state index >= 15 is 0 Å². The molecule has 4 nitrogen and oxygen atoms in total. The zero-order chi connectivity index (χ0) is 12.4. The highest BCUT2D eigenvalue weighted by atomic mass is 16.3. The Morgan fingerprint density at radius 1 is 1.47 bits per heavy atom. The van der Waals surface area contributed by atoms with Crippen LogP contribution in [0.25, 0.3) is 0 Å². The van der Waals surface area contributed by atoms with Crippen LogP contribution in [0.2, 0.25) is 0 Å². The van der Waals surface area contributed by atoms with E-state index < -0.39 is 0 Å². The van der Waals surface area contributed by atoms with E-state index in [2.05, 4.69) is 28.9 Å². The van der Waals surface area contributed by atoms with Gasteiger partial charge in [0.2, 0.25) is 0 Å². The van der Waals surface area contributed by atoms with Crippen molar-refractivity contribution in [3.63, 3.8) is 0 Å². The minimum Gasteiger partial charge on any atom is -0.392 e. The van der Waals surface area contributed by atoms with Gasteiger partial charge in [-0.25, -0.2) is 4.98 Å². The molecule has 1 saturated heterocycles. The number of likely N-dealkylation sites (N-methyl/N-ethyl adjacent to an activating group) is 1. The molecule has 1 aliphatic rings. The molecule has 1 aromatic heterocycles. The molecule has 4 heteroatoms. The summed E-state index contributed by atoms with van der Waals surface area (Å²) in [6.07, 6.45) is 1.18. The number of aliphatic hydroxyl groups is 1. The molecule has 2 heterocycles. The van der Waals surface area contributed by atoms with Crippen molar-refractivity contribution < 1.29 is 5.11 Å². The summed E-state index contributed by atoms with van der Waals surface area (Å²) in [5, 5.41) is 9.21. The summed E-state index contributed by atoms with van der Waals surface area (Å²) in [7, 11) is 4.24. The van der Waals surface area contributed by atoms with Crippen LogP contribution in [0.4, 0.5) is 5.82 Å². The highest BCUT2D eigenvalue weighted by Crippen LogP contribution is 2.21. The minimum absolute atomic E-state index is 0.0846. The van der Waals surface area contributed by atoms with Crippen LogP contribution in [0.15, 0.2) is 12.1 Å². The van der Waals surface area contributed by atoms with E-state index in [9.17, 15) is 5.11 Å². The van der Waals surface area contributed by atoms with Crippen LogP contribution in [0.5, 0.6) is 0 Å². The quantitative estimate of drug-likeness (QED) is 0.849. The summed E-state index contributed by atoms with van der Waals surface area (Å²) in [6, 6.07) is 4.53. The maximum absolute atomic E-state index is 9.21. The number of aryl methyl sites for hydroxylation is 1. The fourth-order valence-corrected chi connectivity index (χ4v) is 2.35. The van der Waals surface area contributed by atoms with Gasteiger partial charge in [-0.05, 0) is 45.1 Å². The summed E-state index contributed by atoms with van der Waals surface area (Å²) in [6.45, 7) is 4.13. The number of nitrogens with zero attached hydrogens (tertiary/aromatic N) is 3. The van der Waals surface area contributed by atoms with Crippen molar-refractivity contribution in [3.8, 4) is 0 Å². The van der Waals surface area contributed by atoms with E-state index in [-0.39, 0.29) is 6.61 Å². The van der Waals surface area contributed by atoms with E-state index in [1.165, 1.54) is 6.42 Å². The van der Waals surface area contributed by atoms with Crippen molar-refractivity contribution in [1.82, 2.24) is 9.88 Å². The number of anilines is 1. The van der Waals surface area contributed by atoms with Gasteiger partial charge in [-0.1, -0.05) is 0 Å². The third-order valence-corrected chi connectivity index (χ3v) is 3.40. The SMILES string of the molecule is Cc1cc(CO)cc(N2CCC(N(C)C)C2)n1. The predicted molar refractivity (Wildman–Crippen MR) is 69.2 cm³/mol. The molecule has 1 aromatic rings. The Labute approximate surface area is 103 Å². The standard InChI is InChI=1S/C13H21N3O/c1-10-6-11(9-17)7-13(14-10)16-5-4-12(8-16)15(2)3/h6-7,12,17H,4-5,8-9H2,1-3H3. The highest BCUT2D eigenvalue weighted by Gasteiger charge is 2.24. The minimum atomic E-state index is 0.0846. The molecule has 0 radical (unpaired) electrons. The van der Waals surface area contributed by atoms with E-state index in [0.29, 0.717) is 6.04 Å². The van der Waals surface area contributed by atoms with Gasteiger partial charge in [0.1, 0.15) is 5.82 Å². The second kappa shape index (κ2) is 5.02. The average Bonchev–Trinajstić information content (AvgIpc) is 2.77. The van der Waals surface area contributed by atoms with Crippen molar-refractivity contribution in [2.24, 2.45) is 0 Å². The molecule has 0 bridgehead atoms. The summed E-state index contributed by atoms with van der Waals surface area (Å²) in [5.74, 6) is 0.999. The first kappa shape index (κ1) is 12.3. The van der Waals surface area contributed by atoms with Crippen LogP contribution in [0, 0.1) is 6.92 Å². The number of aliphatic hydroxyl groups excluding tert-OH is 1. The molecule has 1 fully saturated rings. The fraction of sp³-hybridized carbons (Fsp3) is 0.615. The Kier molecular flexibility index (Phi) is 3.64. The van der Waals surface area contributed by atoms with Gasteiger partial charge in [0.15, 0.2) is 0 Å². The zero-order valence-electron chi connectivity index (χ0n) is 10.8. The summed E-state index contributed by atoms with van der Waals surface area (Å²) in [5.41, 5.74) is 1.92. The van der Waals surface area contributed by atoms with E-state index in [1.807, 2.05) is 19.1 Å². The summed E-state index contributed by atoms with van der Waals surface area (Å²) < 4.78 is 0. The first-order valence-corrected chi connectivity index (χ1v) is 6.10. The zero-order valence-corrected chi connectivity index (χ0v) is 10.8. The molecule has 0 aromatic carbocycles. The molecule has 17 heavy (non-hydrogen) atoms. The lowest BCUT2D eigenvalue weighted by atomic mass is 10.2. The van der Waals surface area contributed by atoms with E-state index in [0.717, 1.165) is 30.2 Å². The fourth-order valence-electron chi connectivity index (χ4n) is 2.35. The Morgan fingerprint density at radius 3 is 2.82 bits per heavy atom. The smallest absolute Gasteiger partial charge is 0.129 e. The molecule has 1 aliphatic heterocycles. The normalized spacial score (nSPS) is 20.3. The lowest BCUT2D eigenvalue weighted by Gasteiger charge is -2.21.